The number of amides is 1. The molecule has 6 nitrogen and oxygen atoms in total. The molecule has 2 heterocycles. The van der Waals surface area contributed by atoms with Crippen LogP contribution >= 0.6 is 11.3 Å². The first-order chi connectivity index (χ1) is 11.2. The molecule has 3 rings (SSSR count). The summed E-state index contributed by atoms with van der Waals surface area (Å²) in [4.78, 5) is 29.0. The monoisotopic (exact) mass is 335 g/mol. The zero-order valence-corrected chi connectivity index (χ0v) is 14.0. The van der Waals surface area contributed by atoms with E-state index in [-0.39, 0.29) is 17.2 Å². The second kappa shape index (κ2) is 7.23. The second-order valence-electron chi connectivity index (χ2n) is 5.96. The SMILES string of the molecule is C[C@H]1CCCC[C@H]1OCCNC(=O)c1cnc2sccn2c1=O. The molecule has 0 bridgehead atoms. The highest BCUT2D eigenvalue weighted by Crippen LogP contribution is 2.25. The minimum atomic E-state index is -0.400. The molecule has 0 aliphatic heterocycles. The first kappa shape index (κ1) is 16.1. The number of fused-ring (bicyclic) bond motifs is 1. The Morgan fingerprint density at radius 1 is 1.48 bits per heavy atom. The van der Waals surface area contributed by atoms with Gasteiger partial charge in [-0.25, -0.2) is 4.98 Å². The van der Waals surface area contributed by atoms with Crippen molar-refractivity contribution in [1.29, 1.82) is 0 Å². The van der Waals surface area contributed by atoms with Crippen molar-refractivity contribution in [2.24, 2.45) is 5.92 Å². The third-order valence-corrected chi connectivity index (χ3v) is 5.11. The molecule has 1 aliphatic rings. The fourth-order valence-electron chi connectivity index (χ4n) is 2.98. The van der Waals surface area contributed by atoms with Crippen LogP contribution in [0.5, 0.6) is 0 Å². The lowest BCUT2D eigenvalue weighted by Crippen LogP contribution is -2.34. The Kier molecular flexibility index (Phi) is 5.07. The van der Waals surface area contributed by atoms with Crippen molar-refractivity contribution in [3.05, 3.63) is 33.7 Å². The Bertz CT molecular complexity index is 739. The first-order valence-electron chi connectivity index (χ1n) is 8.01. The average Bonchev–Trinajstić information content (AvgIpc) is 3.03. The number of ether oxygens (including phenoxy) is 1. The summed E-state index contributed by atoms with van der Waals surface area (Å²) in [5, 5.41) is 4.51. The Morgan fingerprint density at radius 3 is 3.13 bits per heavy atom. The predicted molar refractivity (Wildman–Crippen MR) is 89.0 cm³/mol. The summed E-state index contributed by atoms with van der Waals surface area (Å²) in [7, 11) is 0. The maximum Gasteiger partial charge on any atom is 0.271 e. The number of hydrogen-bond donors (Lipinski definition) is 1. The van der Waals surface area contributed by atoms with Crippen molar-refractivity contribution in [3.8, 4) is 0 Å². The Morgan fingerprint density at radius 2 is 2.30 bits per heavy atom. The number of aromatic nitrogens is 2. The van der Waals surface area contributed by atoms with Crippen molar-refractivity contribution in [3.63, 3.8) is 0 Å². The van der Waals surface area contributed by atoms with Gasteiger partial charge in [0.15, 0.2) is 4.96 Å². The maximum atomic E-state index is 12.2. The maximum absolute atomic E-state index is 12.2. The number of nitrogens with zero attached hydrogens (tertiary/aromatic N) is 2. The fraction of sp³-hybridized carbons (Fsp3) is 0.562. The Hall–Kier alpha value is -1.73. The topological polar surface area (TPSA) is 72.7 Å². The lowest BCUT2D eigenvalue weighted by Gasteiger charge is -2.28. The van der Waals surface area contributed by atoms with Crippen LogP contribution in [0.4, 0.5) is 0 Å². The van der Waals surface area contributed by atoms with Crippen LogP contribution in [-0.4, -0.2) is 34.5 Å². The van der Waals surface area contributed by atoms with Gasteiger partial charge in [-0.3, -0.25) is 14.0 Å². The second-order valence-corrected chi connectivity index (χ2v) is 6.83. The molecule has 2 atom stereocenters. The fourth-order valence-corrected chi connectivity index (χ4v) is 3.66. The highest BCUT2D eigenvalue weighted by atomic mass is 32.1. The highest BCUT2D eigenvalue weighted by molar-refractivity contribution is 7.15. The van der Waals surface area contributed by atoms with Gasteiger partial charge in [-0.2, -0.15) is 0 Å². The molecular weight excluding hydrogens is 314 g/mol. The zero-order valence-electron chi connectivity index (χ0n) is 13.2. The van der Waals surface area contributed by atoms with E-state index in [1.165, 1.54) is 41.2 Å². The third kappa shape index (κ3) is 3.61. The molecule has 1 amide bonds. The van der Waals surface area contributed by atoms with E-state index in [9.17, 15) is 9.59 Å². The molecule has 0 radical (unpaired) electrons. The Labute approximate surface area is 138 Å². The molecule has 1 aliphatic carbocycles. The van der Waals surface area contributed by atoms with Crippen LogP contribution in [0.3, 0.4) is 0 Å². The number of hydrogen-bond acceptors (Lipinski definition) is 5. The van der Waals surface area contributed by atoms with Gasteiger partial charge in [0.25, 0.3) is 11.5 Å². The van der Waals surface area contributed by atoms with E-state index < -0.39 is 5.91 Å². The molecule has 0 unspecified atom stereocenters. The smallest absolute Gasteiger partial charge is 0.271 e. The largest absolute Gasteiger partial charge is 0.376 e. The van der Waals surface area contributed by atoms with Crippen molar-refractivity contribution < 1.29 is 9.53 Å². The van der Waals surface area contributed by atoms with Gasteiger partial charge in [-0.05, 0) is 18.8 Å². The van der Waals surface area contributed by atoms with Crippen LogP contribution in [0.2, 0.25) is 0 Å². The lowest BCUT2D eigenvalue weighted by molar-refractivity contribution is -0.00294. The third-order valence-electron chi connectivity index (χ3n) is 4.34. The molecule has 1 fully saturated rings. The van der Waals surface area contributed by atoms with Gasteiger partial charge in [-0.1, -0.05) is 19.8 Å². The van der Waals surface area contributed by atoms with Gasteiger partial charge < -0.3 is 10.1 Å². The predicted octanol–water partition coefficient (Wildman–Crippen LogP) is 2.08. The quantitative estimate of drug-likeness (QED) is 0.849. The molecule has 1 N–H and O–H groups in total. The molecule has 23 heavy (non-hydrogen) atoms. The van der Waals surface area contributed by atoms with Gasteiger partial charge in [0.2, 0.25) is 0 Å². The van der Waals surface area contributed by atoms with Crippen molar-refractivity contribution in [1.82, 2.24) is 14.7 Å². The van der Waals surface area contributed by atoms with Crippen molar-refractivity contribution >= 4 is 22.2 Å². The molecule has 0 aromatic carbocycles. The first-order valence-corrected chi connectivity index (χ1v) is 8.89. The van der Waals surface area contributed by atoms with Crippen LogP contribution in [0.25, 0.3) is 4.96 Å². The van der Waals surface area contributed by atoms with E-state index in [4.69, 9.17) is 4.74 Å². The van der Waals surface area contributed by atoms with E-state index in [2.05, 4.69) is 17.2 Å². The number of thiazole rings is 1. The molecule has 7 heteroatoms. The summed E-state index contributed by atoms with van der Waals surface area (Å²) in [6, 6.07) is 0. The van der Waals surface area contributed by atoms with Crippen molar-refractivity contribution in [2.75, 3.05) is 13.2 Å². The summed E-state index contributed by atoms with van der Waals surface area (Å²) < 4.78 is 7.25. The normalized spacial score (nSPS) is 21.4. The number of carbonyl (C=O) groups is 1. The van der Waals surface area contributed by atoms with Gasteiger partial charge in [0.1, 0.15) is 5.56 Å². The van der Waals surface area contributed by atoms with Gasteiger partial charge in [0.05, 0.1) is 12.7 Å². The van der Waals surface area contributed by atoms with Crippen LogP contribution in [0.1, 0.15) is 43.0 Å². The lowest BCUT2D eigenvalue weighted by atomic mass is 9.88. The molecule has 0 spiro atoms. The summed E-state index contributed by atoms with van der Waals surface area (Å²) >= 11 is 1.36. The van der Waals surface area contributed by atoms with Crippen LogP contribution < -0.4 is 10.9 Å². The summed E-state index contributed by atoms with van der Waals surface area (Å²) in [6.07, 6.45) is 8.04. The van der Waals surface area contributed by atoms with Gasteiger partial charge in [0, 0.05) is 24.3 Å². The summed E-state index contributed by atoms with van der Waals surface area (Å²) in [5.74, 6) is 0.178. The number of carbonyl (C=O) groups excluding carboxylic acids is 1. The molecule has 1 saturated carbocycles. The van der Waals surface area contributed by atoms with E-state index in [1.54, 1.807) is 11.6 Å². The van der Waals surface area contributed by atoms with E-state index in [1.807, 2.05) is 0 Å². The van der Waals surface area contributed by atoms with E-state index in [0.717, 1.165) is 6.42 Å². The zero-order chi connectivity index (χ0) is 16.2. The molecule has 124 valence electrons. The van der Waals surface area contributed by atoms with Gasteiger partial charge in [-0.15, -0.1) is 11.3 Å². The average molecular weight is 335 g/mol. The molecule has 2 aromatic rings. The van der Waals surface area contributed by atoms with Crippen LogP contribution in [0, 0.1) is 5.92 Å². The molecular formula is C16H21N3O3S. The number of rotatable bonds is 5. The minimum Gasteiger partial charge on any atom is -0.376 e. The van der Waals surface area contributed by atoms with Gasteiger partial charge >= 0.3 is 0 Å². The molecule has 0 saturated heterocycles. The minimum absolute atomic E-state index is 0.0620. The number of nitrogens with one attached hydrogen (secondary N) is 1. The standard InChI is InChI=1S/C16H21N3O3S/c1-11-4-2-3-5-13(11)22-8-6-17-14(20)12-10-18-16-19(15(12)21)7-9-23-16/h7,9-11,13H,2-6,8H2,1H3,(H,17,20)/t11-,13+/m0/s1. The summed E-state index contributed by atoms with van der Waals surface area (Å²) in [5.41, 5.74) is -0.275. The Balaban J connectivity index is 1.52. The highest BCUT2D eigenvalue weighted by Gasteiger charge is 2.21. The molecule has 2 aromatic heterocycles. The van der Waals surface area contributed by atoms with Crippen molar-refractivity contribution in [2.45, 2.75) is 38.7 Å². The summed E-state index contributed by atoms with van der Waals surface area (Å²) in [6.45, 7) is 3.08. The van der Waals surface area contributed by atoms with E-state index in [0.29, 0.717) is 24.0 Å². The van der Waals surface area contributed by atoms with E-state index >= 15 is 0 Å². The van der Waals surface area contributed by atoms with Crippen LogP contribution in [0.15, 0.2) is 22.6 Å². The van der Waals surface area contributed by atoms with Crippen LogP contribution in [-0.2, 0) is 4.74 Å².